The van der Waals surface area contributed by atoms with Gasteiger partial charge in [0, 0.05) is 0 Å². The van der Waals surface area contributed by atoms with E-state index in [1.807, 2.05) is 20.8 Å². The number of rotatable bonds is 5. The summed E-state index contributed by atoms with van der Waals surface area (Å²) < 4.78 is 0. The van der Waals surface area contributed by atoms with Gasteiger partial charge >= 0.3 is 0 Å². The highest BCUT2D eigenvalue weighted by molar-refractivity contribution is 5.33. The van der Waals surface area contributed by atoms with E-state index in [-0.39, 0.29) is 0 Å². The molecule has 0 aromatic rings. The molecular weight excluding hydrogens is 420 g/mol. The predicted molar refractivity (Wildman–Crippen MR) is 159 cm³/mol. The van der Waals surface area contributed by atoms with Crippen molar-refractivity contribution in [2.24, 2.45) is 34.5 Å². The molecule has 0 spiro atoms. The lowest BCUT2D eigenvalue weighted by Gasteiger charge is -2.58. The second kappa shape index (κ2) is 12.8. The Morgan fingerprint density at radius 1 is 0.943 bits per heavy atom. The lowest BCUT2D eigenvalue weighted by Crippen LogP contribution is -2.50. The zero-order valence-electron chi connectivity index (χ0n) is 24.9. The number of hydrogen-bond acceptors (Lipinski definition) is 0. The highest BCUT2D eigenvalue weighted by atomic mass is 14.6. The Labute approximate surface area is 220 Å². The molecule has 0 heteroatoms. The Morgan fingerprint density at radius 3 is 2.20 bits per heavy atom. The highest BCUT2D eigenvalue weighted by Gasteiger charge is 2.58. The lowest BCUT2D eigenvalue weighted by atomic mass is 9.46. The van der Waals surface area contributed by atoms with Crippen LogP contribution < -0.4 is 0 Å². The zero-order valence-corrected chi connectivity index (χ0v) is 24.9. The minimum absolute atomic E-state index is 0.483. The molecule has 3 fully saturated rings. The van der Waals surface area contributed by atoms with Crippen LogP contribution in [0.1, 0.15) is 126 Å². The van der Waals surface area contributed by atoms with Gasteiger partial charge in [0.25, 0.3) is 0 Å². The van der Waals surface area contributed by atoms with Crippen molar-refractivity contribution in [2.75, 3.05) is 0 Å². The molecule has 0 saturated heterocycles. The van der Waals surface area contributed by atoms with Gasteiger partial charge in [-0.1, -0.05) is 101 Å². The van der Waals surface area contributed by atoms with Crippen molar-refractivity contribution >= 4 is 0 Å². The second-order valence-electron chi connectivity index (χ2n) is 12.5. The maximum absolute atomic E-state index is 4.34. The molecule has 4 rings (SSSR count). The largest absolute Gasteiger partial charge is 0.0999 e. The first-order chi connectivity index (χ1) is 16.5. The molecule has 0 radical (unpaired) electrons. The fraction of sp³-hybridized carbons (Fsp3) is 0.714. The molecule has 6 unspecified atom stereocenters. The summed E-state index contributed by atoms with van der Waals surface area (Å²) in [6.45, 7) is 30.2. The van der Waals surface area contributed by atoms with Crippen LogP contribution in [0, 0.1) is 34.5 Å². The van der Waals surface area contributed by atoms with Gasteiger partial charge in [-0.15, -0.1) is 0 Å². The van der Waals surface area contributed by atoms with Gasteiger partial charge in [0.2, 0.25) is 0 Å². The Hall–Kier alpha value is -1.30. The maximum Gasteiger partial charge on any atom is -0.00790 e. The SMILES string of the molecule is C=C(C)/C=C(\C)CC.C=C1C=C2CCC3C(CCC4(C)C(CC(=C)CC)CCC34)C2(C)CC1.CC. The molecule has 3 saturated carbocycles. The summed E-state index contributed by atoms with van der Waals surface area (Å²) >= 11 is 0. The van der Waals surface area contributed by atoms with Crippen LogP contribution in [0.2, 0.25) is 0 Å². The quantitative estimate of drug-likeness (QED) is 0.272. The molecule has 0 aliphatic heterocycles. The normalized spacial score (nSPS) is 35.7. The number of allylic oxidation sites excluding steroid dienone is 7. The third-order valence-electron chi connectivity index (χ3n) is 10.4. The first kappa shape index (κ1) is 29.9. The van der Waals surface area contributed by atoms with E-state index >= 15 is 0 Å². The molecule has 0 heterocycles. The van der Waals surface area contributed by atoms with Crippen molar-refractivity contribution in [1.29, 1.82) is 0 Å². The van der Waals surface area contributed by atoms with Crippen LogP contribution in [0.3, 0.4) is 0 Å². The first-order valence-corrected chi connectivity index (χ1v) is 14.9. The lowest BCUT2D eigenvalue weighted by molar-refractivity contribution is -0.0497. The molecule has 0 amide bonds. The first-order valence-electron chi connectivity index (χ1n) is 14.9. The topological polar surface area (TPSA) is 0 Å². The van der Waals surface area contributed by atoms with Crippen molar-refractivity contribution in [3.8, 4) is 0 Å². The molecule has 0 nitrogen and oxygen atoms in total. The summed E-state index contributed by atoms with van der Waals surface area (Å²) in [5, 5.41) is 0. The van der Waals surface area contributed by atoms with Gasteiger partial charge in [0.05, 0.1) is 0 Å². The van der Waals surface area contributed by atoms with Crippen LogP contribution >= 0.6 is 0 Å². The van der Waals surface area contributed by atoms with Gasteiger partial charge in [-0.05, 0) is 119 Å². The zero-order chi connectivity index (χ0) is 26.4. The van der Waals surface area contributed by atoms with E-state index in [0.29, 0.717) is 10.8 Å². The monoisotopic (exact) mass is 478 g/mol. The van der Waals surface area contributed by atoms with Gasteiger partial charge in [0.15, 0.2) is 0 Å². The molecule has 6 atom stereocenters. The average Bonchev–Trinajstić information content (AvgIpc) is 3.16. The molecule has 198 valence electrons. The maximum atomic E-state index is 4.34. The van der Waals surface area contributed by atoms with Crippen molar-refractivity contribution in [3.05, 3.63) is 59.8 Å². The Kier molecular flexibility index (Phi) is 10.9. The summed E-state index contributed by atoms with van der Waals surface area (Å²) in [4.78, 5) is 0. The van der Waals surface area contributed by atoms with Gasteiger partial charge in [-0.2, -0.15) is 0 Å². The number of fused-ring (bicyclic) bond motifs is 5. The van der Waals surface area contributed by atoms with E-state index in [1.165, 1.54) is 80.9 Å². The smallest absolute Gasteiger partial charge is 0.00790 e. The summed E-state index contributed by atoms with van der Waals surface area (Å²) in [5.74, 6) is 3.80. The summed E-state index contributed by atoms with van der Waals surface area (Å²) in [6.07, 6.45) is 19.4. The van der Waals surface area contributed by atoms with E-state index in [9.17, 15) is 0 Å². The van der Waals surface area contributed by atoms with Crippen LogP contribution in [0.4, 0.5) is 0 Å². The van der Waals surface area contributed by atoms with Crippen LogP contribution in [-0.4, -0.2) is 0 Å². The van der Waals surface area contributed by atoms with E-state index in [1.54, 1.807) is 5.57 Å². The minimum atomic E-state index is 0.483. The molecule has 0 bridgehead atoms. The molecule has 4 aliphatic rings. The van der Waals surface area contributed by atoms with Crippen LogP contribution in [0.25, 0.3) is 0 Å². The second-order valence-corrected chi connectivity index (χ2v) is 12.5. The van der Waals surface area contributed by atoms with Gasteiger partial charge in [-0.3, -0.25) is 0 Å². The van der Waals surface area contributed by atoms with Crippen molar-refractivity contribution in [1.82, 2.24) is 0 Å². The molecule has 35 heavy (non-hydrogen) atoms. The summed E-state index contributed by atoms with van der Waals surface area (Å²) in [7, 11) is 0. The van der Waals surface area contributed by atoms with Crippen LogP contribution in [0.15, 0.2) is 59.8 Å². The average molecular weight is 479 g/mol. The van der Waals surface area contributed by atoms with E-state index in [0.717, 1.165) is 35.7 Å². The van der Waals surface area contributed by atoms with Crippen LogP contribution in [-0.2, 0) is 0 Å². The number of hydrogen-bond donors (Lipinski definition) is 0. The molecule has 0 aromatic heterocycles. The molecule has 0 N–H and O–H groups in total. The third-order valence-corrected chi connectivity index (χ3v) is 10.4. The fourth-order valence-electron chi connectivity index (χ4n) is 8.11. The van der Waals surface area contributed by atoms with E-state index in [4.69, 9.17) is 0 Å². The summed E-state index contributed by atoms with van der Waals surface area (Å²) in [6, 6.07) is 0. The third kappa shape index (κ3) is 6.53. The van der Waals surface area contributed by atoms with Crippen molar-refractivity contribution in [2.45, 2.75) is 126 Å². The highest BCUT2D eigenvalue weighted by Crippen LogP contribution is 2.67. The van der Waals surface area contributed by atoms with E-state index in [2.05, 4.69) is 66.5 Å². The predicted octanol–water partition coefficient (Wildman–Crippen LogP) is 11.4. The van der Waals surface area contributed by atoms with Gasteiger partial charge < -0.3 is 0 Å². The van der Waals surface area contributed by atoms with Gasteiger partial charge in [0.1, 0.15) is 0 Å². The van der Waals surface area contributed by atoms with E-state index < -0.39 is 0 Å². The van der Waals surface area contributed by atoms with Gasteiger partial charge in [-0.25, -0.2) is 0 Å². The van der Waals surface area contributed by atoms with Crippen molar-refractivity contribution < 1.29 is 0 Å². The molecular formula is C35H58. The summed E-state index contributed by atoms with van der Waals surface area (Å²) in [5.41, 5.74) is 8.24. The molecule has 0 aromatic carbocycles. The fourth-order valence-corrected chi connectivity index (χ4v) is 8.11. The Bertz CT molecular complexity index is 819. The Balaban J connectivity index is 0.000000371. The molecule has 4 aliphatic carbocycles. The van der Waals surface area contributed by atoms with Crippen molar-refractivity contribution in [3.63, 3.8) is 0 Å². The van der Waals surface area contributed by atoms with Crippen LogP contribution in [0.5, 0.6) is 0 Å². The standard InChI is InChI=1S/C25H38.C8H14.C2H6/c1-6-17(2)15-20-8-10-22-21-9-7-19-16-18(3)11-13-24(19,4)23(21)12-14-25(20,22)5;1-5-8(4)6-7(2)3;1-2/h16,20-23H,2-3,6-15H2,1,4-5H3;6H,2,5H2,1,3-4H3;1-2H3/b;8-6+;. The Morgan fingerprint density at radius 2 is 1.63 bits per heavy atom. The minimum Gasteiger partial charge on any atom is -0.0999 e.